The summed E-state index contributed by atoms with van der Waals surface area (Å²) in [5.41, 5.74) is 4.45. The maximum Gasteiger partial charge on any atom is 0.416 e. The monoisotopic (exact) mass is 314 g/mol. The van der Waals surface area contributed by atoms with Gasteiger partial charge in [0.2, 0.25) is 0 Å². The van der Waals surface area contributed by atoms with Crippen molar-refractivity contribution in [2.75, 3.05) is 16.8 Å². The second-order valence-electron chi connectivity index (χ2n) is 5.33. The molecule has 0 spiro atoms. The molecule has 2 aromatic carbocycles. The Labute approximate surface area is 134 Å². The number of anilines is 3. The van der Waals surface area contributed by atoms with Crippen LogP contribution in [0, 0.1) is 13.8 Å². The number of amides is 1. The first-order chi connectivity index (χ1) is 10.5. The summed E-state index contributed by atoms with van der Waals surface area (Å²) < 4.78 is 0. The Kier molecular flexibility index (Phi) is 3.74. The molecule has 2 N–H and O–H groups in total. The second kappa shape index (κ2) is 5.57. The van der Waals surface area contributed by atoms with Gasteiger partial charge in [-0.1, -0.05) is 23.9 Å². The molecule has 4 nitrogen and oxygen atoms in total. The summed E-state index contributed by atoms with van der Waals surface area (Å²) in [7, 11) is 0. The largest absolute Gasteiger partial charge is 0.464 e. The first kappa shape index (κ1) is 14.8. The molecule has 0 aliphatic carbocycles. The van der Waals surface area contributed by atoms with Crippen LogP contribution in [-0.2, 0) is 0 Å². The van der Waals surface area contributed by atoms with Gasteiger partial charge in [0.1, 0.15) is 0 Å². The van der Waals surface area contributed by atoms with E-state index in [1.165, 1.54) is 4.90 Å². The van der Waals surface area contributed by atoms with Gasteiger partial charge in [0, 0.05) is 16.3 Å². The summed E-state index contributed by atoms with van der Waals surface area (Å²) in [4.78, 5) is 15.3. The average Bonchev–Trinajstić information content (AvgIpc) is 2.48. The smallest absolute Gasteiger partial charge is 0.416 e. The quantitative estimate of drug-likeness (QED) is 0.817. The van der Waals surface area contributed by atoms with E-state index in [1.807, 2.05) is 51.1 Å². The van der Waals surface area contributed by atoms with Gasteiger partial charge in [0.15, 0.2) is 0 Å². The number of fused-ring (bicyclic) bond motifs is 2. The zero-order valence-electron chi connectivity index (χ0n) is 12.8. The van der Waals surface area contributed by atoms with Crippen molar-refractivity contribution in [2.24, 2.45) is 0 Å². The number of hydrogen-bond donors (Lipinski definition) is 2. The second-order valence-corrected chi connectivity index (χ2v) is 6.41. The number of carboxylic acid groups (broad SMARTS) is 1. The van der Waals surface area contributed by atoms with Crippen LogP contribution in [-0.4, -0.2) is 17.7 Å². The third kappa shape index (κ3) is 2.31. The number of benzene rings is 2. The van der Waals surface area contributed by atoms with Gasteiger partial charge in [-0.2, -0.15) is 0 Å². The molecular weight excluding hydrogens is 296 g/mol. The van der Waals surface area contributed by atoms with Crippen molar-refractivity contribution in [3.63, 3.8) is 0 Å². The van der Waals surface area contributed by atoms with Gasteiger partial charge in [-0.15, -0.1) is 0 Å². The lowest BCUT2D eigenvalue weighted by Crippen LogP contribution is -2.28. The van der Waals surface area contributed by atoms with E-state index in [2.05, 4.69) is 5.32 Å². The first-order valence-electron chi connectivity index (χ1n) is 7.22. The molecule has 2 aromatic rings. The zero-order valence-corrected chi connectivity index (χ0v) is 13.6. The van der Waals surface area contributed by atoms with Crippen LogP contribution in [0.3, 0.4) is 0 Å². The normalized spacial score (nSPS) is 12.6. The maximum absolute atomic E-state index is 11.9. The molecule has 1 aliphatic rings. The molecule has 0 atom stereocenters. The molecule has 0 unspecified atom stereocenters. The van der Waals surface area contributed by atoms with Crippen LogP contribution >= 0.6 is 11.8 Å². The minimum absolute atomic E-state index is 0.731. The van der Waals surface area contributed by atoms with E-state index in [0.29, 0.717) is 0 Å². The summed E-state index contributed by atoms with van der Waals surface area (Å²) in [6, 6.07) is 9.95. The van der Waals surface area contributed by atoms with Gasteiger partial charge in [-0.3, -0.25) is 0 Å². The van der Waals surface area contributed by atoms with Gasteiger partial charge < -0.3 is 10.4 Å². The maximum atomic E-state index is 11.9. The molecule has 0 bridgehead atoms. The van der Waals surface area contributed by atoms with Crippen LogP contribution in [0.15, 0.2) is 40.1 Å². The highest BCUT2D eigenvalue weighted by atomic mass is 32.2. The van der Waals surface area contributed by atoms with E-state index in [0.717, 1.165) is 44.5 Å². The lowest BCUT2D eigenvalue weighted by Gasteiger charge is -2.32. The third-order valence-electron chi connectivity index (χ3n) is 3.69. The van der Waals surface area contributed by atoms with Gasteiger partial charge in [-0.25, -0.2) is 9.69 Å². The fourth-order valence-electron chi connectivity index (χ4n) is 2.70. The molecule has 3 rings (SSSR count). The molecule has 0 saturated heterocycles. The fraction of sp³-hybridized carbons (Fsp3) is 0.235. The average molecular weight is 314 g/mol. The Hall–Kier alpha value is -2.14. The molecule has 5 heteroatoms. The van der Waals surface area contributed by atoms with Crippen LogP contribution in [0.25, 0.3) is 0 Å². The van der Waals surface area contributed by atoms with Gasteiger partial charge in [0.25, 0.3) is 0 Å². The van der Waals surface area contributed by atoms with Crippen LogP contribution in [0.5, 0.6) is 0 Å². The van der Waals surface area contributed by atoms with Crippen molar-refractivity contribution in [3.05, 3.63) is 41.5 Å². The minimum Gasteiger partial charge on any atom is -0.464 e. The SMILES string of the molecule is CCNc1c(C)ccc2c1N(C(=O)O)c1cc(C)ccc1S2. The van der Waals surface area contributed by atoms with Crippen LogP contribution in [0.2, 0.25) is 0 Å². The Morgan fingerprint density at radius 1 is 1.23 bits per heavy atom. The number of rotatable bonds is 2. The molecule has 114 valence electrons. The van der Waals surface area contributed by atoms with Crippen molar-refractivity contribution in [3.8, 4) is 0 Å². The topological polar surface area (TPSA) is 52.6 Å². The fourth-order valence-corrected chi connectivity index (χ4v) is 3.76. The number of hydrogen-bond acceptors (Lipinski definition) is 3. The lowest BCUT2D eigenvalue weighted by atomic mass is 10.1. The molecule has 0 radical (unpaired) electrons. The molecule has 22 heavy (non-hydrogen) atoms. The van der Waals surface area contributed by atoms with E-state index in [-0.39, 0.29) is 0 Å². The van der Waals surface area contributed by atoms with Crippen LogP contribution in [0.4, 0.5) is 21.9 Å². The lowest BCUT2D eigenvalue weighted by molar-refractivity contribution is 0.204. The van der Waals surface area contributed by atoms with Crippen molar-refractivity contribution >= 4 is 34.9 Å². The summed E-state index contributed by atoms with van der Waals surface area (Å²) in [6.07, 6.45) is -0.960. The molecule has 1 heterocycles. The highest BCUT2D eigenvalue weighted by Crippen LogP contribution is 2.52. The summed E-state index contributed by atoms with van der Waals surface area (Å²) in [5.74, 6) is 0. The van der Waals surface area contributed by atoms with Crippen molar-refractivity contribution in [2.45, 2.75) is 30.6 Å². The zero-order chi connectivity index (χ0) is 15.9. The van der Waals surface area contributed by atoms with E-state index in [9.17, 15) is 9.90 Å². The summed E-state index contributed by atoms with van der Waals surface area (Å²) >= 11 is 1.62. The predicted molar refractivity (Wildman–Crippen MR) is 90.8 cm³/mol. The Morgan fingerprint density at radius 3 is 2.64 bits per heavy atom. The standard InChI is InChI=1S/C17H18N2O2S/c1-4-18-15-11(3)6-8-14-16(15)19(17(20)21)12-9-10(2)5-7-13(12)22-14/h5-9,18H,4H2,1-3H3,(H,20,21). The minimum atomic E-state index is -0.960. The van der Waals surface area contributed by atoms with E-state index in [4.69, 9.17) is 0 Å². The van der Waals surface area contributed by atoms with Crippen molar-refractivity contribution in [1.82, 2.24) is 0 Å². The first-order valence-corrected chi connectivity index (χ1v) is 8.03. The summed E-state index contributed by atoms with van der Waals surface area (Å²) in [6.45, 7) is 6.73. The number of carbonyl (C=O) groups is 1. The predicted octanol–water partition coefficient (Wildman–Crippen LogP) is 5.02. The van der Waals surface area contributed by atoms with Crippen molar-refractivity contribution < 1.29 is 9.90 Å². The van der Waals surface area contributed by atoms with Gasteiger partial charge in [0.05, 0.1) is 17.1 Å². The van der Waals surface area contributed by atoms with E-state index in [1.54, 1.807) is 11.8 Å². The highest BCUT2D eigenvalue weighted by Gasteiger charge is 2.31. The highest BCUT2D eigenvalue weighted by molar-refractivity contribution is 7.99. The Morgan fingerprint density at radius 2 is 1.95 bits per heavy atom. The van der Waals surface area contributed by atoms with Gasteiger partial charge in [-0.05, 0) is 50.1 Å². The Balaban J connectivity index is 2.27. The van der Waals surface area contributed by atoms with Crippen molar-refractivity contribution in [1.29, 1.82) is 0 Å². The van der Waals surface area contributed by atoms with Crippen LogP contribution < -0.4 is 10.2 Å². The van der Waals surface area contributed by atoms with Crippen LogP contribution in [0.1, 0.15) is 18.1 Å². The molecule has 1 amide bonds. The molecular formula is C17H18N2O2S. The number of nitrogens with zero attached hydrogens (tertiary/aromatic N) is 1. The molecule has 1 aliphatic heterocycles. The van der Waals surface area contributed by atoms with Gasteiger partial charge >= 0.3 is 6.09 Å². The molecule has 0 saturated carbocycles. The molecule has 0 aromatic heterocycles. The molecule has 0 fully saturated rings. The third-order valence-corrected chi connectivity index (χ3v) is 4.81. The Bertz CT molecular complexity index is 759. The number of aryl methyl sites for hydroxylation is 2. The van der Waals surface area contributed by atoms with E-state index < -0.39 is 6.09 Å². The summed E-state index contributed by atoms with van der Waals surface area (Å²) in [5, 5.41) is 13.1. The number of nitrogens with one attached hydrogen (secondary N) is 1. The van der Waals surface area contributed by atoms with E-state index >= 15 is 0 Å².